The van der Waals surface area contributed by atoms with E-state index in [0.717, 1.165) is 4.47 Å². The first-order chi connectivity index (χ1) is 12.4. The van der Waals surface area contributed by atoms with Crippen LogP contribution in [0.4, 0.5) is 5.88 Å². The maximum absolute atomic E-state index is 13.0. The fourth-order valence-electron chi connectivity index (χ4n) is 2.24. The second-order valence-corrected chi connectivity index (χ2v) is 8.45. The number of benzene rings is 2. The summed E-state index contributed by atoms with van der Waals surface area (Å²) < 4.78 is 32.5. The molecule has 0 spiro atoms. The van der Waals surface area contributed by atoms with Crippen LogP contribution in [0.5, 0.6) is 0 Å². The van der Waals surface area contributed by atoms with Crippen molar-refractivity contribution in [3.05, 3.63) is 70.7 Å². The molecule has 1 N–H and O–H groups in total. The van der Waals surface area contributed by atoms with Gasteiger partial charge in [0, 0.05) is 11.0 Å². The van der Waals surface area contributed by atoms with Crippen molar-refractivity contribution < 1.29 is 12.8 Å². The normalized spacial score (nSPS) is 11.3. The molecule has 1 aromatic heterocycles. The molecule has 0 aliphatic heterocycles. The highest BCUT2D eigenvalue weighted by molar-refractivity contribution is 9.10. The first-order valence-corrected chi connectivity index (χ1v) is 10.2. The van der Waals surface area contributed by atoms with Gasteiger partial charge < -0.3 is 9.73 Å². The zero-order valence-corrected chi connectivity index (χ0v) is 16.6. The van der Waals surface area contributed by atoms with Crippen molar-refractivity contribution in [1.29, 1.82) is 0 Å². The van der Waals surface area contributed by atoms with Crippen LogP contribution in [0.15, 0.2) is 80.0 Å². The Kier molecular flexibility index (Phi) is 5.50. The van der Waals surface area contributed by atoms with Crippen molar-refractivity contribution in [3.8, 4) is 11.5 Å². The topological polar surface area (TPSA) is 72.2 Å². The highest BCUT2D eigenvalue weighted by Gasteiger charge is 2.28. The van der Waals surface area contributed by atoms with Gasteiger partial charge in [0.05, 0.1) is 15.5 Å². The van der Waals surface area contributed by atoms with Crippen molar-refractivity contribution in [2.24, 2.45) is 0 Å². The lowest BCUT2D eigenvalue weighted by Crippen LogP contribution is -2.07. The molecule has 0 amide bonds. The molecule has 0 saturated heterocycles. The Morgan fingerprint density at radius 3 is 2.54 bits per heavy atom. The van der Waals surface area contributed by atoms with Crippen LogP contribution in [0.2, 0.25) is 5.02 Å². The standard InChI is InChI=1S/C18H14BrClN2O3S/c1-2-11-21-17-18(26(23,24)13-9-7-12(19)8-10-13)22-16(25-17)14-5-3-4-6-15(14)20/h2-10,21H,1,11H2. The Balaban J connectivity index is 2.14. The Morgan fingerprint density at radius 2 is 1.88 bits per heavy atom. The number of anilines is 1. The maximum atomic E-state index is 13.0. The van der Waals surface area contributed by atoms with Crippen molar-refractivity contribution >= 4 is 43.3 Å². The molecule has 26 heavy (non-hydrogen) atoms. The predicted octanol–water partition coefficient (Wildman–Crippen LogP) is 5.19. The third-order valence-electron chi connectivity index (χ3n) is 3.49. The van der Waals surface area contributed by atoms with Crippen molar-refractivity contribution in [2.45, 2.75) is 9.92 Å². The minimum atomic E-state index is -3.88. The van der Waals surface area contributed by atoms with Gasteiger partial charge in [-0.2, -0.15) is 4.98 Å². The van der Waals surface area contributed by atoms with Gasteiger partial charge in [0.1, 0.15) is 0 Å². The Hall–Kier alpha value is -2.09. The summed E-state index contributed by atoms with van der Waals surface area (Å²) in [4.78, 5) is 4.33. The summed E-state index contributed by atoms with van der Waals surface area (Å²) in [7, 11) is -3.88. The number of aromatic nitrogens is 1. The fraction of sp³-hybridized carbons (Fsp3) is 0.0556. The Bertz CT molecular complexity index is 1050. The van der Waals surface area contributed by atoms with Gasteiger partial charge in [-0.15, -0.1) is 6.58 Å². The fourth-order valence-corrected chi connectivity index (χ4v) is 4.00. The lowest BCUT2D eigenvalue weighted by Gasteiger charge is -2.04. The van der Waals surface area contributed by atoms with Crippen molar-refractivity contribution in [3.63, 3.8) is 0 Å². The monoisotopic (exact) mass is 452 g/mol. The van der Waals surface area contributed by atoms with Gasteiger partial charge in [0.15, 0.2) is 0 Å². The van der Waals surface area contributed by atoms with E-state index in [2.05, 4.69) is 32.8 Å². The Labute approximate surface area is 164 Å². The largest absolute Gasteiger partial charge is 0.419 e. The van der Waals surface area contributed by atoms with Gasteiger partial charge in [-0.25, -0.2) is 8.42 Å². The molecule has 3 aromatic rings. The third-order valence-corrected chi connectivity index (χ3v) is 6.02. The number of nitrogens with one attached hydrogen (secondary N) is 1. The maximum Gasteiger partial charge on any atom is 0.234 e. The average Bonchev–Trinajstić information content (AvgIpc) is 3.05. The molecule has 0 saturated carbocycles. The molecule has 2 aromatic carbocycles. The molecule has 0 fully saturated rings. The molecule has 134 valence electrons. The minimum absolute atomic E-state index is 0.0442. The molecule has 0 unspecified atom stereocenters. The molecular formula is C18H14BrClN2O3S. The first-order valence-electron chi connectivity index (χ1n) is 7.54. The van der Waals surface area contributed by atoms with Gasteiger partial charge in [-0.05, 0) is 36.4 Å². The van der Waals surface area contributed by atoms with E-state index in [1.165, 1.54) is 12.1 Å². The number of nitrogens with zero attached hydrogens (tertiary/aromatic N) is 1. The van der Waals surface area contributed by atoms with Crippen molar-refractivity contribution in [2.75, 3.05) is 11.9 Å². The number of rotatable bonds is 6. The van der Waals surface area contributed by atoms with E-state index in [0.29, 0.717) is 17.1 Å². The van der Waals surface area contributed by atoms with E-state index in [1.54, 1.807) is 42.5 Å². The highest BCUT2D eigenvalue weighted by atomic mass is 79.9. The SMILES string of the molecule is C=CCNc1oc(-c2ccccc2Cl)nc1S(=O)(=O)c1ccc(Br)cc1. The molecule has 0 radical (unpaired) electrons. The molecule has 8 heteroatoms. The van der Waals surface area contributed by atoms with Gasteiger partial charge in [0.2, 0.25) is 26.6 Å². The third kappa shape index (κ3) is 3.70. The molecule has 0 aliphatic carbocycles. The number of oxazole rings is 1. The van der Waals surface area contributed by atoms with Gasteiger partial charge in [-0.1, -0.05) is 45.7 Å². The van der Waals surface area contributed by atoms with Gasteiger partial charge in [0.25, 0.3) is 0 Å². The number of halogens is 2. The molecule has 0 atom stereocenters. The highest BCUT2D eigenvalue weighted by Crippen LogP contribution is 2.35. The summed E-state index contributed by atoms with van der Waals surface area (Å²) in [6, 6.07) is 13.2. The summed E-state index contributed by atoms with van der Waals surface area (Å²) in [6.07, 6.45) is 1.59. The van der Waals surface area contributed by atoms with Gasteiger partial charge >= 0.3 is 0 Å². The van der Waals surface area contributed by atoms with Crippen LogP contribution in [-0.2, 0) is 9.84 Å². The van der Waals surface area contributed by atoms with E-state index in [1.807, 2.05) is 0 Å². The van der Waals surface area contributed by atoms with E-state index in [9.17, 15) is 8.42 Å². The average molecular weight is 454 g/mol. The summed E-state index contributed by atoms with van der Waals surface area (Å²) in [6.45, 7) is 3.93. The smallest absolute Gasteiger partial charge is 0.234 e. The molecule has 1 heterocycles. The van der Waals surface area contributed by atoms with Crippen LogP contribution in [0.25, 0.3) is 11.5 Å². The molecule has 3 rings (SSSR count). The van der Waals surface area contributed by atoms with Gasteiger partial charge in [-0.3, -0.25) is 0 Å². The zero-order valence-electron chi connectivity index (χ0n) is 13.4. The number of hydrogen-bond donors (Lipinski definition) is 1. The summed E-state index contributed by atoms with van der Waals surface area (Å²) >= 11 is 9.47. The first kappa shape index (κ1) is 18.7. The molecule has 5 nitrogen and oxygen atoms in total. The molecular weight excluding hydrogens is 440 g/mol. The van der Waals surface area contributed by atoms with Crippen LogP contribution in [0.1, 0.15) is 0 Å². The van der Waals surface area contributed by atoms with Crippen LogP contribution >= 0.6 is 27.5 Å². The van der Waals surface area contributed by atoms with E-state index < -0.39 is 9.84 Å². The predicted molar refractivity (Wildman–Crippen MR) is 105 cm³/mol. The van der Waals surface area contributed by atoms with Crippen LogP contribution < -0.4 is 5.32 Å². The minimum Gasteiger partial charge on any atom is -0.419 e. The van der Waals surface area contributed by atoms with E-state index >= 15 is 0 Å². The molecule has 0 bridgehead atoms. The Morgan fingerprint density at radius 1 is 1.19 bits per heavy atom. The van der Waals surface area contributed by atoms with Crippen LogP contribution in [0.3, 0.4) is 0 Å². The lowest BCUT2D eigenvalue weighted by atomic mass is 10.2. The second-order valence-electron chi connectivity index (χ2n) is 5.26. The molecule has 0 aliphatic rings. The lowest BCUT2D eigenvalue weighted by molar-refractivity contribution is 0.579. The second kappa shape index (κ2) is 7.65. The van der Waals surface area contributed by atoms with E-state index in [-0.39, 0.29) is 21.7 Å². The summed E-state index contributed by atoms with van der Waals surface area (Å²) in [5, 5.41) is 3.10. The number of hydrogen-bond acceptors (Lipinski definition) is 5. The summed E-state index contributed by atoms with van der Waals surface area (Å²) in [5.74, 6) is 0.167. The summed E-state index contributed by atoms with van der Waals surface area (Å²) in [5.41, 5.74) is 0.507. The quantitative estimate of drug-likeness (QED) is 0.520. The van der Waals surface area contributed by atoms with Crippen molar-refractivity contribution in [1.82, 2.24) is 4.98 Å². The van der Waals surface area contributed by atoms with Crippen LogP contribution in [-0.4, -0.2) is 19.9 Å². The zero-order chi connectivity index (χ0) is 18.7. The number of sulfone groups is 1. The van der Waals surface area contributed by atoms with E-state index in [4.69, 9.17) is 16.0 Å². The van der Waals surface area contributed by atoms with Crippen LogP contribution in [0, 0.1) is 0 Å².